The van der Waals surface area contributed by atoms with E-state index in [9.17, 15) is 4.79 Å². The summed E-state index contributed by atoms with van der Waals surface area (Å²) in [6.07, 6.45) is 1.67. The van der Waals surface area contributed by atoms with Gasteiger partial charge in [-0.1, -0.05) is 30.3 Å². The lowest BCUT2D eigenvalue weighted by Crippen LogP contribution is -2.24. The SMILES string of the molecule is CCNc1ncccc1C(=O)NCc1ccccc1. The lowest BCUT2D eigenvalue weighted by atomic mass is 10.2. The summed E-state index contributed by atoms with van der Waals surface area (Å²) < 4.78 is 0. The van der Waals surface area contributed by atoms with Crippen LogP contribution in [0, 0.1) is 0 Å². The van der Waals surface area contributed by atoms with E-state index in [1.807, 2.05) is 37.3 Å². The van der Waals surface area contributed by atoms with Crippen LogP contribution in [-0.4, -0.2) is 17.4 Å². The number of hydrogen-bond acceptors (Lipinski definition) is 3. The highest BCUT2D eigenvalue weighted by molar-refractivity contribution is 5.98. The van der Waals surface area contributed by atoms with Gasteiger partial charge in [-0.15, -0.1) is 0 Å². The lowest BCUT2D eigenvalue weighted by molar-refractivity contribution is 0.0951. The minimum Gasteiger partial charge on any atom is -0.370 e. The number of hydrogen-bond donors (Lipinski definition) is 2. The minimum absolute atomic E-state index is 0.118. The number of pyridine rings is 1. The number of amides is 1. The summed E-state index contributed by atoms with van der Waals surface area (Å²) in [5, 5.41) is 5.98. The molecule has 0 saturated heterocycles. The molecule has 1 aromatic heterocycles. The molecule has 0 atom stereocenters. The number of carbonyl (C=O) groups is 1. The zero-order valence-electron chi connectivity index (χ0n) is 10.9. The fourth-order valence-corrected chi connectivity index (χ4v) is 1.77. The van der Waals surface area contributed by atoms with Gasteiger partial charge in [0.1, 0.15) is 5.82 Å². The number of carbonyl (C=O) groups excluding carboxylic acids is 1. The topological polar surface area (TPSA) is 54.0 Å². The van der Waals surface area contributed by atoms with Crippen molar-refractivity contribution in [3.8, 4) is 0 Å². The second-order valence-electron chi connectivity index (χ2n) is 4.10. The molecule has 0 radical (unpaired) electrons. The van der Waals surface area contributed by atoms with Gasteiger partial charge in [0.2, 0.25) is 0 Å². The standard InChI is InChI=1S/C15H17N3O/c1-2-16-14-13(9-6-10-17-14)15(19)18-11-12-7-4-3-5-8-12/h3-10H,2,11H2,1H3,(H,16,17)(H,18,19). The van der Waals surface area contributed by atoms with Crippen molar-refractivity contribution in [2.24, 2.45) is 0 Å². The van der Waals surface area contributed by atoms with E-state index in [1.54, 1.807) is 18.3 Å². The number of nitrogens with one attached hydrogen (secondary N) is 2. The Morgan fingerprint density at radius 3 is 2.68 bits per heavy atom. The van der Waals surface area contributed by atoms with Crippen molar-refractivity contribution < 1.29 is 4.79 Å². The number of rotatable bonds is 5. The van der Waals surface area contributed by atoms with Crippen LogP contribution in [0.4, 0.5) is 5.82 Å². The van der Waals surface area contributed by atoms with Gasteiger partial charge in [0.25, 0.3) is 5.91 Å². The van der Waals surface area contributed by atoms with E-state index < -0.39 is 0 Å². The van der Waals surface area contributed by atoms with Crippen LogP contribution < -0.4 is 10.6 Å². The maximum absolute atomic E-state index is 12.1. The molecule has 19 heavy (non-hydrogen) atoms. The minimum atomic E-state index is -0.118. The molecular formula is C15H17N3O. The Labute approximate surface area is 112 Å². The highest BCUT2D eigenvalue weighted by atomic mass is 16.1. The molecule has 0 aliphatic rings. The molecule has 2 N–H and O–H groups in total. The van der Waals surface area contributed by atoms with Gasteiger partial charge in [0.15, 0.2) is 0 Å². The molecular weight excluding hydrogens is 238 g/mol. The van der Waals surface area contributed by atoms with Crippen LogP contribution >= 0.6 is 0 Å². The summed E-state index contributed by atoms with van der Waals surface area (Å²) >= 11 is 0. The maximum atomic E-state index is 12.1. The molecule has 0 aliphatic heterocycles. The second-order valence-corrected chi connectivity index (χ2v) is 4.10. The predicted molar refractivity (Wildman–Crippen MR) is 76.0 cm³/mol. The van der Waals surface area contributed by atoms with Gasteiger partial charge in [0, 0.05) is 19.3 Å². The number of aromatic nitrogens is 1. The third-order valence-corrected chi connectivity index (χ3v) is 2.69. The van der Waals surface area contributed by atoms with Crippen molar-refractivity contribution in [1.29, 1.82) is 0 Å². The van der Waals surface area contributed by atoms with E-state index in [4.69, 9.17) is 0 Å². The Kier molecular flexibility index (Phi) is 4.50. The molecule has 0 unspecified atom stereocenters. The summed E-state index contributed by atoms with van der Waals surface area (Å²) in [7, 11) is 0. The second kappa shape index (κ2) is 6.54. The van der Waals surface area contributed by atoms with Crippen LogP contribution in [-0.2, 0) is 6.54 Å². The van der Waals surface area contributed by atoms with Crippen LogP contribution in [0.3, 0.4) is 0 Å². The Balaban J connectivity index is 2.04. The molecule has 0 saturated carbocycles. The smallest absolute Gasteiger partial charge is 0.255 e. The summed E-state index contributed by atoms with van der Waals surface area (Å²) in [6.45, 7) is 3.22. The first-order valence-corrected chi connectivity index (χ1v) is 6.32. The molecule has 0 spiro atoms. The normalized spacial score (nSPS) is 9.95. The molecule has 98 valence electrons. The van der Waals surface area contributed by atoms with Crippen molar-refractivity contribution >= 4 is 11.7 Å². The van der Waals surface area contributed by atoms with Crippen LogP contribution in [0.5, 0.6) is 0 Å². The van der Waals surface area contributed by atoms with E-state index in [0.29, 0.717) is 17.9 Å². The van der Waals surface area contributed by atoms with Gasteiger partial charge in [-0.25, -0.2) is 4.98 Å². The molecule has 1 aromatic carbocycles. The molecule has 0 bridgehead atoms. The van der Waals surface area contributed by atoms with Crippen molar-refractivity contribution in [2.75, 3.05) is 11.9 Å². The molecule has 1 heterocycles. The zero-order chi connectivity index (χ0) is 13.5. The van der Waals surface area contributed by atoms with E-state index in [0.717, 1.165) is 12.1 Å². The fourth-order valence-electron chi connectivity index (χ4n) is 1.77. The van der Waals surface area contributed by atoms with E-state index in [1.165, 1.54) is 0 Å². The molecule has 1 amide bonds. The summed E-state index contributed by atoms with van der Waals surface area (Å²) in [6, 6.07) is 13.4. The average molecular weight is 255 g/mol. The Morgan fingerprint density at radius 2 is 1.95 bits per heavy atom. The molecule has 0 aliphatic carbocycles. The number of nitrogens with zero attached hydrogens (tertiary/aromatic N) is 1. The van der Waals surface area contributed by atoms with Gasteiger partial charge in [-0.3, -0.25) is 4.79 Å². The summed E-state index contributed by atoms with van der Waals surface area (Å²) in [5.41, 5.74) is 1.64. The number of benzene rings is 1. The zero-order valence-corrected chi connectivity index (χ0v) is 10.9. The molecule has 4 nitrogen and oxygen atoms in total. The van der Waals surface area contributed by atoms with Gasteiger partial charge in [0.05, 0.1) is 5.56 Å². The van der Waals surface area contributed by atoms with Crippen molar-refractivity contribution in [3.05, 3.63) is 59.8 Å². The van der Waals surface area contributed by atoms with E-state index in [-0.39, 0.29) is 5.91 Å². The van der Waals surface area contributed by atoms with Crippen LogP contribution in [0.15, 0.2) is 48.7 Å². The first-order valence-electron chi connectivity index (χ1n) is 6.32. The largest absolute Gasteiger partial charge is 0.370 e. The first-order chi connectivity index (χ1) is 9.31. The summed E-state index contributed by atoms with van der Waals surface area (Å²) in [5.74, 6) is 0.503. The van der Waals surface area contributed by atoms with Gasteiger partial charge < -0.3 is 10.6 Å². The van der Waals surface area contributed by atoms with Gasteiger partial charge in [-0.05, 0) is 24.6 Å². The molecule has 4 heteroatoms. The highest BCUT2D eigenvalue weighted by Gasteiger charge is 2.10. The Hall–Kier alpha value is -2.36. The van der Waals surface area contributed by atoms with Crippen molar-refractivity contribution in [2.45, 2.75) is 13.5 Å². The van der Waals surface area contributed by atoms with Gasteiger partial charge in [-0.2, -0.15) is 0 Å². The van der Waals surface area contributed by atoms with Gasteiger partial charge >= 0.3 is 0 Å². The van der Waals surface area contributed by atoms with E-state index in [2.05, 4.69) is 15.6 Å². The summed E-state index contributed by atoms with van der Waals surface area (Å²) in [4.78, 5) is 16.3. The number of anilines is 1. The Morgan fingerprint density at radius 1 is 1.16 bits per heavy atom. The molecule has 2 rings (SSSR count). The highest BCUT2D eigenvalue weighted by Crippen LogP contribution is 2.11. The average Bonchev–Trinajstić information content (AvgIpc) is 2.47. The first kappa shape index (κ1) is 13.1. The third-order valence-electron chi connectivity index (χ3n) is 2.69. The monoisotopic (exact) mass is 255 g/mol. The maximum Gasteiger partial charge on any atom is 0.255 e. The van der Waals surface area contributed by atoms with Crippen molar-refractivity contribution in [3.63, 3.8) is 0 Å². The fraction of sp³-hybridized carbons (Fsp3) is 0.200. The van der Waals surface area contributed by atoms with Crippen molar-refractivity contribution in [1.82, 2.24) is 10.3 Å². The van der Waals surface area contributed by atoms with Crippen LogP contribution in [0.1, 0.15) is 22.8 Å². The molecule has 0 fully saturated rings. The predicted octanol–water partition coefficient (Wildman–Crippen LogP) is 2.44. The van der Waals surface area contributed by atoms with E-state index >= 15 is 0 Å². The lowest BCUT2D eigenvalue weighted by Gasteiger charge is -2.09. The van der Waals surface area contributed by atoms with Crippen LogP contribution in [0.25, 0.3) is 0 Å². The Bertz CT molecular complexity index is 540. The van der Waals surface area contributed by atoms with Crippen LogP contribution in [0.2, 0.25) is 0 Å². The quantitative estimate of drug-likeness (QED) is 0.862. The third kappa shape index (κ3) is 3.55. The molecule has 2 aromatic rings.